The van der Waals surface area contributed by atoms with E-state index in [2.05, 4.69) is 6.92 Å². The summed E-state index contributed by atoms with van der Waals surface area (Å²) in [5, 5.41) is 0. The first-order valence-corrected chi connectivity index (χ1v) is 8.87. The van der Waals surface area contributed by atoms with E-state index in [4.69, 9.17) is 19.9 Å². The number of ether oxygens (including phenoxy) is 3. The van der Waals surface area contributed by atoms with Crippen molar-refractivity contribution in [2.75, 3.05) is 14.2 Å². The van der Waals surface area contributed by atoms with Crippen LogP contribution < -0.4 is 19.9 Å². The molecule has 0 heterocycles. The van der Waals surface area contributed by atoms with Gasteiger partial charge in [-0.1, -0.05) is 56.5 Å². The zero-order chi connectivity index (χ0) is 18.1. The lowest BCUT2D eigenvalue weighted by atomic mass is 9.99. The van der Waals surface area contributed by atoms with Gasteiger partial charge in [0, 0.05) is 17.7 Å². The van der Waals surface area contributed by atoms with E-state index in [9.17, 15) is 0 Å². The van der Waals surface area contributed by atoms with Gasteiger partial charge in [0.15, 0.2) is 11.5 Å². The molecule has 0 radical (unpaired) electrons. The molecule has 25 heavy (non-hydrogen) atoms. The van der Waals surface area contributed by atoms with Crippen molar-refractivity contribution in [2.45, 2.75) is 45.3 Å². The van der Waals surface area contributed by atoms with Crippen molar-refractivity contribution < 1.29 is 14.2 Å². The van der Waals surface area contributed by atoms with E-state index in [1.54, 1.807) is 14.2 Å². The van der Waals surface area contributed by atoms with Crippen LogP contribution in [0.5, 0.6) is 17.2 Å². The van der Waals surface area contributed by atoms with Crippen LogP contribution >= 0.6 is 0 Å². The highest BCUT2D eigenvalue weighted by Crippen LogP contribution is 2.38. The predicted molar refractivity (Wildman–Crippen MR) is 101 cm³/mol. The molecule has 0 spiro atoms. The largest absolute Gasteiger partial charge is 0.493 e. The monoisotopic (exact) mass is 343 g/mol. The summed E-state index contributed by atoms with van der Waals surface area (Å²) < 4.78 is 16.9. The molecule has 0 saturated carbocycles. The van der Waals surface area contributed by atoms with Crippen molar-refractivity contribution >= 4 is 0 Å². The fourth-order valence-electron chi connectivity index (χ4n) is 2.80. The van der Waals surface area contributed by atoms with Gasteiger partial charge in [0.1, 0.15) is 12.4 Å². The second kappa shape index (κ2) is 9.94. The van der Waals surface area contributed by atoms with Gasteiger partial charge in [-0.15, -0.1) is 0 Å². The van der Waals surface area contributed by atoms with Crippen LogP contribution in [0.25, 0.3) is 0 Å². The summed E-state index contributed by atoms with van der Waals surface area (Å²) in [7, 11) is 3.26. The molecule has 0 aromatic heterocycles. The molecule has 2 aromatic rings. The van der Waals surface area contributed by atoms with E-state index in [0.717, 1.165) is 29.7 Å². The van der Waals surface area contributed by atoms with Gasteiger partial charge >= 0.3 is 0 Å². The zero-order valence-corrected chi connectivity index (χ0v) is 15.5. The Balaban J connectivity index is 2.23. The van der Waals surface area contributed by atoms with Crippen LogP contribution in [0.2, 0.25) is 0 Å². The van der Waals surface area contributed by atoms with E-state index in [1.165, 1.54) is 12.8 Å². The highest BCUT2D eigenvalue weighted by atomic mass is 16.5. The summed E-state index contributed by atoms with van der Waals surface area (Å²) in [6.45, 7) is 2.68. The van der Waals surface area contributed by atoms with E-state index < -0.39 is 0 Å². The normalized spacial score (nSPS) is 11.8. The van der Waals surface area contributed by atoms with Gasteiger partial charge in [-0.05, 0) is 18.1 Å². The van der Waals surface area contributed by atoms with Gasteiger partial charge in [0.2, 0.25) is 0 Å². The molecule has 4 nitrogen and oxygen atoms in total. The maximum Gasteiger partial charge on any atom is 0.164 e. The van der Waals surface area contributed by atoms with Crippen molar-refractivity contribution in [3.8, 4) is 17.2 Å². The molecule has 4 heteroatoms. The second-order valence-electron chi connectivity index (χ2n) is 6.12. The molecule has 0 bridgehead atoms. The van der Waals surface area contributed by atoms with Crippen LogP contribution in [0, 0.1) is 0 Å². The van der Waals surface area contributed by atoms with Crippen molar-refractivity contribution in [1.82, 2.24) is 0 Å². The Bertz CT molecular complexity index is 643. The summed E-state index contributed by atoms with van der Waals surface area (Å²) in [4.78, 5) is 0. The fraction of sp³-hybridized carbons (Fsp3) is 0.429. The maximum absolute atomic E-state index is 6.44. The smallest absolute Gasteiger partial charge is 0.164 e. The Morgan fingerprint density at radius 3 is 2.24 bits per heavy atom. The summed E-state index contributed by atoms with van der Waals surface area (Å²) in [6.07, 6.45) is 4.38. The first-order chi connectivity index (χ1) is 12.2. The number of nitrogens with two attached hydrogens (primary N) is 1. The minimum absolute atomic E-state index is 0.0860. The van der Waals surface area contributed by atoms with Crippen LogP contribution in [0.15, 0.2) is 42.5 Å². The minimum Gasteiger partial charge on any atom is -0.493 e. The summed E-state index contributed by atoms with van der Waals surface area (Å²) in [5.74, 6) is 2.08. The van der Waals surface area contributed by atoms with Crippen molar-refractivity contribution in [3.05, 3.63) is 53.6 Å². The molecular formula is C21H29NO3. The van der Waals surface area contributed by atoms with Gasteiger partial charge in [0.05, 0.1) is 14.2 Å². The maximum atomic E-state index is 6.44. The molecule has 0 saturated heterocycles. The Kier molecular flexibility index (Phi) is 7.61. The first-order valence-electron chi connectivity index (χ1n) is 8.87. The van der Waals surface area contributed by atoms with Crippen molar-refractivity contribution in [3.63, 3.8) is 0 Å². The predicted octanol–water partition coefficient (Wildman–Crippen LogP) is 4.86. The van der Waals surface area contributed by atoms with Crippen LogP contribution in [-0.4, -0.2) is 14.2 Å². The molecular weight excluding hydrogens is 314 g/mol. The van der Waals surface area contributed by atoms with Crippen LogP contribution in [0.3, 0.4) is 0 Å². The Labute approximate surface area is 150 Å². The lowest BCUT2D eigenvalue weighted by Gasteiger charge is -2.20. The van der Waals surface area contributed by atoms with Crippen LogP contribution in [0.4, 0.5) is 0 Å². The van der Waals surface area contributed by atoms with Crippen LogP contribution in [0.1, 0.15) is 49.8 Å². The van der Waals surface area contributed by atoms with Crippen molar-refractivity contribution in [1.29, 1.82) is 0 Å². The summed E-state index contributed by atoms with van der Waals surface area (Å²) in [5.41, 5.74) is 8.52. The molecule has 2 aromatic carbocycles. The van der Waals surface area contributed by atoms with E-state index in [0.29, 0.717) is 18.1 Å². The number of benzene rings is 2. The molecule has 1 atom stereocenters. The lowest BCUT2D eigenvalue weighted by molar-refractivity contribution is 0.294. The minimum atomic E-state index is -0.0860. The Morgan fingerprint density at radius 1 is 0.920 bits per heavy atom. The van der Waals surface area contributed by atoms with Gasteiger partial charge in [-0.2, -0.15) is 0 Å². The molecule has 0 fully saturated rings. The van der Waals surface area contributed by atoms with Gasteiger partial charge in [-0.3, -0.25) is 0 Å². The Morgan fingerprint density at radius 2 is 1.60 bits per heavy atom. The molecule has 0 aliphatic carbocycles. The lowest BCUT2D eigenvalue weighted by Crippen LogP contribution is -2.13. The average Bonchev–Trinajstić information content (AvgIpc) is 2.66. The number of hydrogen-bond donors (Lipinski definition) is 1. The molecule has 0 aliphatic heterocycles. The van der Waals surface area contributed by atoms with Crippen molar-refractivity contribution in [2.24, 2.45) is 5.73 Å². The standard InChI is InChI=1S/C21H29NO3/c1-4-5-7-12-18(22)17-13-20(23-2)21(24-3)14-19(17)25-15-16-10-8-6-9-11-16/h6,8-11,13-14,18H,4-5,7,12,15,22H2,1-3H3/t18-/m1/s1. The topological polar surface area (TPSA) is 53.7 Å². The van der Waals surface area contributed by atoms with E-state index >= 15 is 0 Å². The zero-order valence-electron chi connectivity index (χ0n) is 15.5. The highest BCUT2D eigenvalue weighted by molar-refractivity contribution is 5.51. The fourth-order valence-corrected chi connectivity index (χ4v) is 2.80. The van der Waals surface area contributed by atoms with Crippen LogP contribution in [-0.2, 0) is 6.61 Å². The quantitative estimate of drug-likeness (QED) is 0.626. The first kappa shape index (κ1) is 19.1. The molecule has 0 unspecified atom stereocenters. The third kappa shape index (κ3) is 5.40. The average molecular weight is 343 g/mol. The third-order valence-corrected chi connectivity index (χ3v) is 4.27. The number of unbranched alkanes of at least 4 members (excludes halogenated alkanes) is 2. The summed E-state index contributed by atoms with van der Waals surface area (Å²) in [6, 6.07) is 13.8. The number of rotatable bonds is 10. The van der Waals surface area contributed by atoms with E-state index in [-0.39, 0.29) is 6.04 Å². The SMILES string of the molecule is CCCCC[C@@H](N)c1cc(OC)c(OC)cc1OCc1ccccc1. The molecule has 136 valence electrons. The third-order valence-electron chi connectivity index (χ3n) is 4.27. The number of methoxy groups -OCH3 is 2. The second-order valence-corrected chi connectivity index (χ2v) is 6.12. The van der Waals surface area contributed by atoms with Gasteiger partial charge < -0.3 is 19.9 Å². The molecule has 0 amide bonds. The summed E-state index contributed by atoms with van der Waals surface area (Å²) >= 11 is 0. The highest BCUT2D eigenvalue weighted by Gasteiger charge is 2.17. The van der Waals surface area contributed by atoms with Gasteiger partial charge in [0.25, 0.3) is 0 Å². The molecule has 0 aliphatic rings. The Hall–Kier alpha value is -2.20. The van der Waals surface area contributed by atoms with E-state index in [1.807, 2.05) is 42.5 Å². The number of hydrogen-bond acceptors (Lipinski definition) is 4. The molecule has 2 N–H and O–H groups in total. The molecule has 2 rings (SSSR count). The van der Waals surface area contributed by atoms with Gasteiger partial charge in [-0.25, -0.2) is 0 Å².